The number of aryl methyl sites for hydroxylation is 1. The van der Waals surface area contributed by atoms with Gasteiger partial charge in [0.05, 0.1) is 21.6 Å². The summed E-state index contributed by atoms with van der Waals surface area (Å²) >= 11 is 1.30. The van der Waals surface area contributed by atoms with Crippen molar-refractivity contribution in [2.75, 3.05) is 0 Å². The van der Waals surface area contributed by atoms with E-state index in [1.54, 1.807) is 24.3 Å². The molecule has 3 aromatic rings. The van der Waals surface area contributed by atoms with Gasteiger partial charge < -0.3 is 5.11 Å². The van der Waals surface area contributed by atoms with Gasteiger partial charge in [0, 0.05) is 16.5 Å². The first-order chi connectivity index (χ1) is 13.9. The molecule has 29 heavy (non-hydrogen) atoms. The van der Waals surface area contributed by atoms with Gasteiger partial charge in [0.1, 0.15) is 5.75 Å². The van der Waals surface area contributed by atoms with Gasteiger partial charge in [0.15, 0.2) is 0 Å². The second kappa shape index (κ2) is 9.03. The lowest BCUT2D eigenvalue weighted by atomic mass is 10.2. The number of hydrazone groups is 1. The number of carbonyl (C=O) groups excluding carboxylic acids is 1. The van der Waals surface area contributed by atoms with Crippen LogP contribution in [0.25, 0.3) is 0 Å². The number of rotatable bonds is 6. The molecule has 0 spiro atoms. The fraction of sp³-hybridized carbons (Fsp3) is 0.0476. The van der Waals surface area contributed by atoms with Crippen LogP contribution in [0.2, 0.25) is 0 Å². The molecule has 1 amide bonds. The zero-order valence-corrected chi connectivity index (χ0v) is 16.2. The third kappa shape index (κ3) is 5.20. The minimum Gasteiger partial charge on any atom is -0.507 e. The molecule has 0 aliphatic carbocycles. The first-order valence-electron chi connectivity index (χ1n) is 8.58. The van der Waals surface area contributed by atoms with E-state index in [2.05, 4.69) is 10.5 Å². The molecule has 0 fully saturated rings. The van der Waals surface area contributed by atoms with Crippen LogP contribution in [-0.4, -0.2) is 22.2 Å². The molecule has 3 rings (SSSR count). The van der Waals surface area contributed by atoms with Crippen molar-refractivity contribution >= 4 is 29.6 Å². The SMILES string of the molecule is Cc1ccc(Sc2ccc(C=NNC(=O)c3ccccc3O)cc2[N+](=O)[O-])cc1. The maximum Gasteiger partial charge on any atom is 0.283 e. The lowest BCUT2D eigenvalue weighted by Crippen LogP contribution is -2.17. The maximum atomic E-state index is 12.0. The highest BCUT2D eigenvalue weighted by Crippen LogP contribution is 2.35. The van der Waals surface area contributed by atoms with Gasteiger partial charge in [-0.15, -0.1) is 0 Å². The molecule has 0 aliphatic rings. The Kier molecular flexibility index (Phi) is 6.25. The highest BCUT2D eigenvalue weighted by Gasteiger charge is 2.15. The van der Waals surface area contributed by atoms with Gasteiger partial charge in [-0.05, 0) is 37.3 Å². The first-order valence-corrected chi connectivity index (χ1v) is 9.40. The summed E-state index contributed by atoms with van der Waals surface area (Å²) in [5.41, 5.74) is 3.90. The molecule has 3 aromatic carbocycles. The number of amides is 1. The fourth-order valence-corrected chi connectivity index (χ4v) is 3.37. The molecule has 0 saturated heterocycles. The summed E-state index contributed by atoms with van der Waals surface area (Å²) < 4.78 is 0. The average molecular weight is 407 g/mol. The van der Waals surface area contributed by atoms with Crippen molar-refractivity contribution in [1.82, 2.24) is 5.43 Å². The van der Waals surface area contributed by atoms with Crippen LogP contribution in [0.3, 0.4) is 0 Å². The Morgan fingerprint density at radius 1 is 1.14 bits per heavy atom. The second-order valence-corrected chi connectivity index (χ2v) is 7.23. The molecule has 8 heteroatoms. The Bertz CT molecular complexity index is 1080. The van der Waals surface area contributed by atoms with E-state index >= 15 is 0 Å². The number of hydrogen-bond acceptors (Lipinski definition) is 6. The summed E-state index contributed by atoms with van der Waals surface area (Å²) in [5, 5.41) is 25.0. The molecular formula is C21H17N3O4S. The average Bonchev–Trinajstić information content (AvgIpc) is 2.70. The molecule has 0 saturated carbocycles. The molecule has 0 bridgehead atoms. The Morgan fingerprint density at radius 3 is 2.55 bits per heavy atom. The van der Waals surface area contributed by atoms with Crippen LogP contribution >= 0.6 is 11.8 Å². The summed E-state index contributed by atoms with van der Waals surface area (Å²) in [6.07, 6.45) is 1.31. The van der Waals surface area contributed by atoms with E-state index in [1.807, 2.05) is 31.2 Å². The van der Waals surface area contributed by atoms with Crippen molar-refractivity contribution < 1.29 is 14.8 Å². The normalized spacial score (nSPS) is 10.8. The zero-order valence-electron chi connectivity index (χ0n) is 15.4. The molecule has 0 aliphatic heterocycles. The van der Waals surface area contributed by atoms with Crippen molar-refractivity contribution in [3.63, 3.8) is 0 Å². The van der Waals surface area contributed by atoms with Crippen molar-refractivity contribution in [3.8, 4) is 5.75 Å². The quantitative estimate of drug-likeness (QED) is 0.355. The molecule has 0 heterocycles. The highest BCUT2D eigenvalue weighted by atomic mass is 32.2. The number of aromatic hydroxyl groups is 1. The third-order valence-corrected chi connectivity index (χ3v) is 5.03. The number of phenolic OH excluding ortho intramolecular Hbond substituents is 1. The van der Waals surface area contributed by atoms with E-state index in [0.717, 1.165) is 10.5 Å². The Labute approximate surface area is 171 Å². The van der Waals surface area contributed by atoms with Crippen molar-refractivity contribution in [3.05, 3.63) is 93.5 Å². The van der Waals surface area contributed by atoms with E-state index in [4.69, 9.17) is 0 Å². The van der Waals surface area contributed by atoms with Crippen LogP contribution in [0.4, 0.5) is 5.69 Å². The summed E-state index contributed by atoms with van der Waals surface area (Å²) in [4.78, 5) is 24.4. The molecule has 7 nitrogen and oxygen atoms in total. The van der Waals surface area contributed by atoms with Crippen LogP contribution in [0, 0.1) is 17.0 Å². The molecular weight excluding hydrogens is 390 g/mol. The number of hydrogen-bond donors (Lipinski definition) is 2. The second-order valence-electron chi connectivity index (χ2n) is 6.12. The molecule has 0 atom stereocenters. The lowest BCUT2D eigenvalue weighted by Gasteiger charge is -2.05. The summed E-state index contributed by atoms with van der Waals surface area (Å²) in [6, 6.07) is 18.5. The zero-order chi connectivity index (χ0) is 20.8. The van der Waals surface area contributed by atoms with E-state index in [9.17, 15) is 20.0 Å². The predicted octanol–water partition coefficient (Wildman–Crippen LogP) is 4.52. The standard InChI is InChI=1S/C21H17N3O4S/c1-14-6-9-16(10-7-14)29-20-11-8-15(12-18(20)24(27)28)13-22-23-21(26)17-4-2-3-5-19(17)25/h2-13,25H,1H3,(H,23,26). The molecule has 0 unspecified atom stereocenters. The van der Waals surface area contributed by atoms with Crippen molar-refractivity contribution in [1.29, 1.82) is 0 Å². The van der Waals surface area contributed by atoms with Gasteiger partial charge in [-0.1, -0.05) is 47.7 Å². The van der Waals surface area contributed by atoms with E-state index < -0.39 is 10.8 Å². The molecule has 0 aromatic heterocycles. The van der Waals surface area contributed by atoms with Crippen molar-refractivity contribution in [2.24, 2.45) is 5.10 Å². The van der Waals surface area contributed by atoms with Gasteiger partial charge in [-0.3, -0.25) is 14.9 Å². The number of benzene rings is 3. The number of phenols is 1. The van der Waals surface area contributed by atoms with Crippen LogP contribution in [0.1, 0.15) is 21.5 Å². The number of nitro groups is 1. The summed E-state index contributed by atoms with van der Waals surface area (Å²) in [5.74, 6) is -0.742. The molecule has 2 N–H and O–H groups in total. The largest absolute Gasteiger partial charge is 0.507 e. The molecule has 0 radical (unpaired) electrons. The number of carbonyl (C=O) groups is 1. The summed E-state index contributed by atoms with van der Waals surface area (Å²) in [6.45, 7) is 1.98. The fourth-order valence-electron chi connectivity index (χ4n) is 2.47. The highest BCUT2D eigenvalue weighted by molar-refractivity contribution is 7.99. The first kappa shape index (κ1) is 20.1. The minimum absolute atomic E-state index is 0.0495. The number of nitrogens with one attached hydrogen (secondary N) is 1. The van der Waals surface area contributed by atoms with Gasteiger partial charge >= 0.3 is 0 Å². The summed E-state index contributed by atoms with van der Waals surface area (Å²) in [7, 11) is 0. The number of nitrogens with zero attached hydrogens (tertiary/aromatic N) is 2. The Hall–Kier alpha value is -3.65. The van der Waals surface area contributed by atoms with Crippen LogP contribution in [0.5, 0.6) is 5.75 Å². The number of nitro benzene ring substituents is 1. The predicted molar refractivity (Wildman–Crippen MR) is 112 cm³/mol. The van der Waals surface area contributed by atoms with Crippen LogP contribution in [-0.2, 0) is 0 Å². The molecule has 146 valence electrons. The van der Waals surface area contributed by atoms with E-state index in [0.29, 0.717) is 10.5 Å². The van der Waals surface area contributed by atoms with E-state index in [1.165, 1.54) is 36.2 Å². The van der Waals surface area contributed by atoms with Gasteiger partial charge in [-0.25, -0.2) is 5.43 Å². The monoisotopic (exact) mass is 407 g/mol. The minimum atomic E-state index is -0.583. The maximum absolute atomic E-state index is 12.0. The van der Waals surface area contributed by atoms with Crippen LogP contribution < -0.4 is 5.43 Å². The van der Waals surface area contributed by atoms with Gasteiger partial charge in [0.2, 0.25) is 0 Å². The van der Waals surface area contributed by atoms with E-state index in [-0.39, 0.29) is 17.0 Å². The number of para-hydroxylation sites is 1. The lowest BCUT2D eigenvalue weighted by molar-refractivity contribution is -0.387. The van der Waals surface area contributed by atoms with Crippen molar-refractivity contribution in [2.45, 2.75) is 16.7 Å². The third-order valence-electron chi connectivity index (χ3n) is 3.96. The van der Waals surface area contributed by atoms with Crippen LogP contribution in [0.15, 0.2) is 81.6 Å². The topological polar surface area (TPSA) is 105 Å². The van der Waals surface area contributed by atoms with Gasteiger partial charge in [0.25, 0.3) is 11.6 Å². The Balaban J connectivity index is 1.75. The smallest absolute Gasteiger partial charge is 0.283 e. The Morgan fingerprint density at radius 2 is 1.86 bits per heavy atom. The van der Waals surface area contributed by atoms with Gasteiger partial charge in [-0.2, -0.15) is 5.10 Å².